The normalized spacial score (nSPS) is 37.4. The van der Waals surface area contributed by atoms with Crippen molar-refractivity contribution in [3.63, 3.8) is 0 Å². The van der Waals surface area contributed by atoms with Crippen molar-refractivity contribution >= 4 is 11.3 Å². The molecule has 1 saturated heterocycles. The van der Waals surface area contributed by atoms with Gasteiger partial charge < -0.3 is 0 Å². The molecule has 2 fully saturated rings. The zero-order valence-corrected chi connectivity index (χ0v) is 13.2. The third-order valence-corrected chi connectivity index (χ3v) is 6.47. The summed E-state index contributed by atoms with van der Waals surface area (Å²) in [7, 11) is 0. The van der Waals surface area contributed by atoms with Crippen molar-refractivity contribution in [1.82, 2.24) is 4.90 Å². The first-order valence-corrected chi connectivity index (χ1v) is 8.90. The van der Waals surface area contributed by atoms with Crippen molar-refractivity contribution in [3.05, 3.63) is 22.4 Å². The number of thiophene rings is 1. The molecule has 0 aromatic carbocycles. The first-order valence-electron chi connectivity index (χ1n) is 8.02. The Bertz CT molecular complexity index is 399. The molecule has 0 spiro atoms. The van der Waals surface area contributed by atoms with E-state index in [1.165, 1.54) is 51.6 Å². The summed E-state index contributed by atoms with van der Waals surface area (Å²) in [5.41, 5.74) is 0.362. The van der Waals surface area contributed by atoms with E-state index in [0.29, 0.717) is 5.54 Å². The molecule has 0 unspecified atom stereocenters. The quantitative estimate of drug-likeness (QED) is 0.744. The van der Waals surface area contributed by atoms with Gasteiger partial charge in [-0.3, -0.25) is 4.90 Å². The molecule has 1 aromatic rings. The van der Waals surface area contributed by atoms with Crippen LogP contribution in [0.3, 0.4) is 0 Å². The zero-order chi connectivity index (χ0) is 13.3. The van der Waals surface area contributed by atoms with Gasteiger partial charge in [-0.25, -0.2) is 0 Å². The summed E-state index contributed by atoms with van der Waals surface area (Å²) in [6, 6.07) is 4.64. The van der Waals surface area contributed by atoms with E-state index >= 15 is 0 Å². The van der Waals surface area contributed by atoms with E-state index in [1.807, 2.05) is 11.3 Å². The van der Waals surface area contributed by atoms with Crippen LogP contribution < -0.4 is 0 Å². The Morgan fingerprint density at radius 1 is 1.21 bits per heavy atom. The van der Waals surface area contributed by atoms with Crippen LogP contribution >= 0.6 is 11.3 Å². The van der Waals surface area contributed by atoms with Crippen molar-refractivity contribution < 1.29 is 0 Å². The number of hydrogen-bond donors (Lipinski definition) is 0. The maximum atomic E-state index is 2.86. The van der Waals surface area contributed by atoms with Crippen LogP contribution in [0.4, 0.5) is 0 Å². The lowest BCUT2D eigenvalue weighted by atomic mass is 9.70. The Hall–Kier alpha value is -0.340. The highest BCUT2D eigenvalue weighted by atomic mass is 32.1. The molecular formula is C17H27NS. The van der Waals surface area contributed by atoms with Gasteiger partial charge in [-0.05, 0) is 55.5 Å². The standard InChI is InChI=1S/C17H27NS/c1-14-7-5-11-18(13-14)17(16-9-6-12-19-16)10-4-3-8-15(17)2/h6,9,12,14-15H,3-5,7-8,10-11,13H2,1-2H3/t14-,15-,17+/m1/s1. The van der Waals surface area contributed by atoms with E-state index in [0.717, 1.165) is 11.8 Å². The summed E-state index contributed by atoms with van der Waals surface area (Å²) in [6.07, 6.45) is 8.43. The summed E-state index contributed by atoms with van der Waals surface area (Å²) >= 11 is 1.99. The maximum Gasteiger partial charge on any atom is 0.0579 e. The van der Waals surface area contributed by atoms with Gasteiger partial charge in [-0.15, -0.1) is 11.3 Å². The Labute approximate surface area is 122 Å². The van der Waals surface area contributed by atoms with Crippen molar-refractivity contribution in [2.75, 3.05) is 13.1 Å². The van der Waals surface area contributed by atoms with Gasteiger partial charge in [0.05, 0.1) is 5.54 Å². The van der Waals surface area contributed by atoms with Crippen molar-refractivity contribution in [1.29, 1.82) is 0 Å². The summed E-state index contributed by atoms with van der Waals surface area (Å²) in [5.74, 6) is 1.69. The predicted octanol–water partition coefficient (Wildman–Crippen LogP) is 4.89. The Morgan fingerprint density at radius 3 is 2.79 bits per heavy atom. The largest absolute Gasteiger partial charge is 0.292 e. The molecule has 0 N–H and O–H groups in total. The average molecular weight is 277 g/mol. The summed E-state index contributed by atoms with van der Waals surface area (Å²) in [6.45, 7) is 7.55. The molecule has 3 rings (SSSR count). The molecule has 0 amide bonds. The van der Waals surface area contributed by atoms with E-state index in [9.17, 15) is 0 Å². The van der Waals surface area contributed by atoms with Gasteiger partial charge >= 0.3 is 0 Å². The molecule has 0 radical (unpaired) electrons. The molecular weight excluding hydrogens is 250 g/mol. The van der Waals surface area contributed by atoms with Gasteiger partial charge in [-0.1, -0.05) is 32.8 Å². The van der Waals surface area contributed by atoms with Gasteiger partial charge in [0.25, 0.3) is 0 Å². The fourth-order valence-electron chi connectivity index (χ4n) is 4.40. The number of nitrogens with zero attached hydrogens (tertiary/aromatic N) is 1. The monoisotopic (exact) mass is 277 g/mol. The van der Waals surface area contributed by atoms with Crippen LogP contribution in [-0.2, 0) is 5.54 Å². The van der Waals surface area contributed by atoms with Gasteiger partial charge in [0.15, 0.2) is 0 Å². The van der Waals surface area contributed by atoms with Crippen LogP contribution in [0.1, 0.15) is 57.2 Å². The number of hydrogen-bond acceptors (Lipinski definition) is 2. The molecule has 2 heterocycles. The second-order valence-corrected chi connectivity index (χ2v) is 7.69. The Balaban J connectivity index is 1.96. The van der Waals surface area contributed by atoms with Gasteiger partial charge in [0, 0.05) is 11.4 Å². The molecule has 3 atom stereocenters. The van der Waals surface area contributed by atoms with Gasteiger partial charge in [0.1, 0.15) is 0 Å². The van der Waals surface area contributed by atoms with Crippen molar-refractivity contribution in [2.45, 2.75) is 57.9 Å². The minimum Gasteiger partial charge on any atom is -0.292 e. The van der Waals surface area contributed by atoms with Gasteiger partial charge in [0.2, 0.25) is 0 Å². The van der Waals surface area contributed by atoms with Crippen LogP contribution in [0.25, 0.3) is 0 Å². The fourth-order valence-corrected chi connectivity index (χ4v) is 5.50. The van der Waals surface area contributed by atoms with E-state index in [1.54, 1.807) is 4.88 Å². The second kappa shape index (κ2) is 5.57. The molecule has 2 aliphatic rings. The smallest absolute Gasteiger partial charge is 0.0579 e. The lowest BCUT2D eigenvalue weighted by Gasteiger charge is -2.52. The molecule has 1 aliphatic carbocycles. The van der Waals surface area contributed by atoms with Gasteiger partial charge in [-0.2, -0.15) is 0 Å². The molecule has 1 aliphatic heterocycles. The maximum absolute atomic E-state index is 2.86. The van der Waals surface area contributed by atoms with Crippen LogP contribution in [0.15, 0.2) is 17.5 Å². The molecule has 0 bridgehead atoms. The Kier molecular flexibility index (Phi) is 4.00. The molecule has 106 valence electrons. The molecule has 1 aromatic heterocycles. The summed E-state index contributed by atoms with van der Waals surface area (Å²) in [5, 5.41) is 2.27. The second-order valence-electron chi connectivity index (χ2n) is 6.74. The summed E-state index contributed by atoms with van der Waals surface area (Å²) in [4.78, 5) is 4.49. The molecule has 1 saturated carbocycles. The average Bonchev–Trinajstić information content (AvgIpc) is 2.94. The number of piperidine rings is 1. The highest BCUT2D eigenvalue weighted by Crippen LogP contribution is 2.48. The van der Waals surface area contributed by atoms with Crippen LogP contribution in [0, 0.1) is 11.8 Å². The topological polar surface area (TPSA) is 3.24 Å². The van der Waals surface area contributed by atoms with Crippen molar-refractivity contribution in [3.8, 4) is 0 Å². The third kappa shape index (κ3) is 2.38. The van der Waals surface area contributed by atoms with E-state index < -0.39 is 0 Å². The van der Waals surface area contributed by atoms with Crippen LogP contribution in [0.5, 0.6) is 0 Å². The van der Waals surface area contributed by atoms with Crippen LogP contribution in [-0.4, -0.2) is 18.0 Å². The highest BCUT2D eigenvalue weighted by molar-refractivity contribution is 7.10. The first-order chi connectivity index (χ1) is 9.23. The highest BCUT2D eigenvalue weighted by Gasteiger charge is 2.46. The zero-order valence-electron chi connectivity index (χ0n) is 12.4. The lowest BCUT2D eigenvalue weighted by Crippen LogP contribution is -2.54. The fraction of sp³-hybridized carbons (Fsp3) is 0.765. The SMILES string of the molecule is C[C@@H]1CCCN([C@@]2(c3cccs3)CCCC[C@H]2C)C1. The molecule has 2 heteroatoms. The minimum atomic E-state index is 0.362. The van der Waals surface area contributed by atoms with Crippen molar-refractivity contribution in [2.24, 2.45) is 11.8 Å². The van der Waals surface area contributed by atoms with Crippen LogP contribution in [0.2, 0.25) is 0 Å². The lowest BCUT2D eigenvalue weighted by molar-refractivity contribution is -0.0209. The molecule has 19 heavy (non-hydrogen) atoms. The van der Waals surface area contributed by atoms with E-state index in [-0.39, 0.29) is 0 Å². The van der Waals surface area contributed by atoms with E-state index in [2.05, 4.69) is 36.3 Å². The number of rotatable bonds is 2. The first kappa shape index (κ1) is 13.6. The van der Waals surface area contributed by atoms with E-state index in [4.69, 9.17) is 0 Å². The predicted molar refractivity (Wildman–Crippen MR) is 83.6 cm³/mol. The third-order valence-electron chi connectivity index (χ3n) is 5.43. The molecule has 1 nitrogen and oxygen atoms in total. The minimum absolute atomic E-state index is 0.362. The number of likely N-dealkylation sites (tertiary alicyclic amines) is 1. The summed E-state index contributed by atoms with van der Waals surface area (Å²) < 4.78 is 0. The Morgan fingerprint density at radius 2 is 2.11 bits per heavy atom.